The second kappa shape index (κ2) is 6.24. The molecule has 118 valence electrons. The lowest BCUT2D eigenvalue weighted by molar-refractivity contribution is -0.00225. The Kier molecular flexibility index (Phi) is 4.54. The second-order valence-corrected chi connectivity index (χ2v) is 6.57. The molecule has 3 fully saturated rings. The van der Waals surface area contributed by atoms with E-state index in [9.17, 15) is 0 Å². The minimum atomic E-state index is 0.422. The summed E-state index contributed by atoms with van der Waals surface area (Å²) in [6, 6.07) is 0.999. The van der Waals surface area contributed by atoms with Crippen LogP contribution in [0.1, 0.15) is 18.3 Å². The molecule has 1 N–H and O–H groups in total. The van der Waals surface area contributed by atoms with Gasteiger partial charge in [0.2, 0.25) is 0 Å². The molecule has 3 saturated heterocycles. The molecular weight excluding hydrogens is 286 g/mol. The molecule has 0 aromatic carbocycles. The Labute approximate surface area is 132 Å². The van der Waals surface area contributed by atoms with Gasteiger partial charge in [-0.1, -0.05) is 18.5 Å². The molecule has 4 heterocycles. The van der Waals surface area contributed by atoms with Crippen molar-refractivity contribution >= 4 is 11.6 Å². The molecule has 1 aromatic rings. The van der Waals surface area contributed by atoms with Gasteiger partial charge >= 0.3 is 0 Å². The van der Waals surface area contributed by atoms with Gasteiger partial charge in [-0.2, -0.15) is 5.10 Å². The van der Waals surface area contributed by atoms with Crippen molar-refractivity contribution in [3.63, 3.8) is 0 Å². The highest BCUT2D eigenvalue weighted by Crippen LogP contribution is 2.25. The van der Waals surface area contributed by atoms with Gasteiger partial charge in [0, 0.05) is 58.3 Å². The molecule has 2 bridgehead atoms. The summed E-state index contributed by atoms with van der Waals surface area (Å²) < 4.78 is 1.96. The van der Waals surface area contributed by atoms with Crippen LogP contribution in [0.2, 0.25) is 5.02 Å². The summed E-state index contributed by atoms with van der Waals surface area (Å²) in [5, 5.41) is 8.92. The summed E-state index contributed by atoms with van der Waals surface area (Å²) >= 11 is 6.51. The zero-order valence-electron chi connectivity index (χ0n) is 13.3. The summed E-state index contributed by atoms with van der Waals surface area (Å²) in [4.78, 5) is 5.21. The van der Waals surface area contributed by atoms with Gasteiger partial charge in [-0.15, -0.1) is 0 Å². The number of likely N-dealkylation sites (N-methyl/N-ethyl adjacent to an activating group) is 1. The number of rotatable bonds is 5. The van der Waals surface area contributed by atoms with Crippen LogP contribution in [0.4, 0.5) is 0 Å². The number of aromatic nitrogens is 2. The van der Waals surface area contributed by atoms with Gasteiger partial charge < -0.3 is 5.32 Å². The molecule has 1 aromatic heterocycles. The SMILES string of the molecule is CCc1nn(C)c(CC(NC)C2CN3CCN2CC3)c1Cl. The largest absolute Gasteiger partial charge is 0.315 e. The molecule has 5 nitrogen and oxygen atoms in total. The molecule has 21 heavy (non-hydrogen) atoms. The van der Waals surface area contributed by atoms with Crippen molar-refractivity contribution in [3.05, 3.63) is 16.4 Å². The molecule has 0 radical (unpaired) electrons. The van der Waals surface area contributed by atoms with E-state index in [4.69, 9.17) is 11.6 Å². The molecule has 0 amide bonds. The van der Waals surface area contributed by atoms with Crippen LogP contribution in [0.25, 0.3) is 0 Å². The molecule has 6 heteroatoms. The number of hydrogen-bond donors (Lipinski definition) is 1. The summed E-state index contributed by atoms with van der Waals surface area (Å²) in [5.41, 5.74) is 2.17. The van der Waals surface area contributed by atoms with Gasteiger partial charge in [0.25, 0.3) is 0 Å². The van der Waals surface area contributed by atoms with Crippen molar-refractivity contribution in [2.24, 2.45) is 7.05 Å². The summed E-state index contributed by atoms with van der Waals surface area (Å²) in [5.74, 6) is 0. The number of piperazine rings is 3. The fourth-order valence-corrected chi connectivity index (χ4v) is 4.09. The van der Waals surface area contributed by atoms with Crippen molar-refractivity contribution < 1.29 is 0 Å². The Morgan fingerprint density at radius 1 is 1.33 bits per heavy atom. The zero-order valence-corrected chi connectivity index (χ0v) is 14.0. The summed E-state index contributed by atoms with van der Waals surface area (Å²) in [6.07, 6.45) is 1.83. The first-order valence-electron chi connectivity index (χ1n) is 7.98. The molecule has 2 unspecified atom stereocenters. The van der Waals surface area contributed by atoms with Crippen LogP contribution in [0, 0.1) is 0 Å². The van der Waals surface area contributed by atoms with Crippen molar-refractivity contribution in [1.82, 2.24) is 24.9 Å². The fourth-order valence-electron chi connectivity index (χ4n) is 3.72. The van der Waals surface area contributed by atoms with E-state index >= 15 is 0 Å². The molecular formula is C15H26ClN5. The van der Waals surface area contributed by atoms with E-state index in [1.807, 2.05) is 11.7 Å². The standard InChI is InChI=1S/C15H26ClN5/c1-4-11-15(16)13(19(3)18-11)9-12(17-2)14-10-20-5-7-21(14)8-6-20/h12,14,17H,4-10H2,1-3H3. The highest BCUT2D eigenvalue weighted by molar-refractivity contribution is 6.31. The third-order valence-electron chi connectivity index (χ3n) is 5.07. The smallest absolute Gasteiger partial charge is 0.0850 e. The van der Waals surface area contributed by atoms with E-state index in [0.717, 1.165) is 29.3 Å². The lowest BCUT2D eigenvalue weighted by atomic mass is 9.96. The predicted octanol–water partition coefficient (Wildman–Crippen LogP) is 0.766. The Morgan fingerprint density at radius 2 is 2.05 bits per heavy atom. The van der Waals surface area contributed by atoms with Gasteiger partial charge in [-0.05, 0) is 13.5 Å². The summed E-state index contributed by atoms with van der Waals surface area (Å²) in [7, 11) is 4.07. The number of nitrogens with zero attached hydrogens (tertiary/aromatic N) is 4. The van der Waals surface area contributed by atoms with Gasteiger partial charge in [0.15, 0.2) is 0 Å². The fraction of sp³-hybridized carbons (Fsp3) is 0.800. The van der Waals surface area contributed by atoms with Crippen LogP contribution in [-0.2, 0) is 19.9 Å². The number of halogens is 1. The number of nitrogens with one attached hydrogen (secondary N) is 1. The summed E-state index contributed by atoms with van der Waals surface area (Å²) in [6.45, 7) is 8.11. The number of aryl methyl sites for hydroxylation is 2. The first kappa shape index (κ1) is 15.3. The molecule has 0 spiro atoms. The first-order valence-corrected chi connectivity index (χ1v) is 8.35. The van der Waals surface area contributed by atoms with Gasteiger partial charge in [0.05, 0.1) is 16.4 Å². The van der Waals surface area contributed by atoms with E-state index in [-0.39, 0.29) is 0 Å². The van der Waals surface area contributed by atoms with Crippen LogP contribution in [-0.4, -0.2) is 71.4 Å². The maximum absolute atomic E-state index is 6.51. The second-order valence-electron chi connectivity index (χ2n) is 6.19. The molecule has 0 saturated carbocycles. The zero-order chi connectivity index (χ0) is 15.0. The lowest BCUT2D eigenvalue weighted by Crippen LogP contribution is -2.66. The first-order chi connectivity index (χ1) is 10.1. The van der Waals surface area contributed by atoms with Crippen LogP contribution >= 0.6 is 11.6 Å². The van der Waals surface area contributed by atoms with Crippen molar-refractivity contribution in [3.8, 4) is 0 Å². The van der Waals surface area contributed by atoms with Crippen LogP contribution in [0.3, 0.4) is 0 Å². The molecule has 2 atom stereocenters. The monoisotopic (exact) mass is 311 g/mol. The topological polar surface area (TPSA) is 36.3 Å². The van der Waals surface area contributed by atoms with E-state index in [1.54, 1.807) is 0 Å². The molecule has 0 aliphatic carbocycles. The normalized spacial score (nSPS) is 29.8. The van der Waals surface area contributed by atoms with E-state index in [0.29, 0.717) is 12.1 Å². The number of hydrogen-bond acceptors (Lipinski definition) is 4. The molecule has 3 aliphatic rings. The van der Waals surface area contributed by atoms with E-state index in [2.05, 4.69) is 34.2 Å². The van der Waals surface area contributed by atoms with E-state index < -0.39 is 0 Å². The highest BCUT2D eigenvalue weighted by Gasteiger charge is 2.36. The number of fused-ring (bicyclic) bond motifs is 3. The molecule has 3 aliphatic heterocycles. The van der Waals surface area contributed by atoms with Gasteiger partial charge in [-0.3, -0.25) is 14.5 Å². The Morgan fingerprint density at radius 3 is 2.52 bits per heavy atom. The quantitative estimate of drug-likeness (QED) is 0.871. The Bertz CT molecular complexity index is 492. The average molecular weight is 312 g/mol. The van der Waals surface area contributed by atoms with Crippen LogP contribution < -0.4 is 5.32 Å². The van der Waals surface area contributed by atoms with Gasteiger partial charge in [0.1, 0.15) is 0 Å². The minimum Gasteiger partial charge on any atom is -0.315 e. The van der Waals surface area contributed by atoms with Crippen LogP contribution in [0.15, 0.2) is 0 Å². The maximum Gasteiger partial charge on any atom is 0.0850 e. The van der Waals surface area contributed by atoms with Crippen molar-refractivity contribution in [2.45, 2.75) is 31.8 Å². The maximum atomic E-state index is 6.51. The molecule has 4 rings (SSSR count). The third-order valence-corrected chi connectivity index (χ3v) is 5.51. The highest BCUT2D eigenvalue weighted by atomic mass is 35.5. The predicted molar refractivity (Wildman–Crippen MR) is 85.9 cm³/mol. The third kappa shape index (κ3) is 2.84. The lowest BCUT2D eigenvalue weighted by Gasteiger charge is -2.50. The van der Waals surface area contributed by atoms with Crippen molar-refractivity contribution in [1.29, 1.82) is 0 Å². The average Bonchev–Trinajstić information content (AvgIpc) is 2.80. The van der Waals surface area contributed by atoms with E-state index in [1.165, 1.54) is 32.7 Å². The Balaban J connectivity index is 1.77. The Hall–Kier alpha value is -0.620. The minimum absolute atomic E-state index is 0.422. The van der Waals surface area contributed by atoms with Gasteiger partial charge in [-0.25, -0.2) is 0 Å². The van der Waals surface area contributed by atoms with Crippen molar-refractivity contribution in [2.75, 3.05) is 39.8 Å². The van der Waals surface area contributed by atoms with Crippen LogP contribution in [0.5, 0.6) is 0 Å².